The number of thioether (sulfide) groups is 1. The van der Waals surface area contributed by atoms with E-state index in [9.17, 15) is 0 Å². The van der Waals surface area contributed by atoms with Crippen LogP contribution < -0.4 is 15.4 Å². The number of guanidine groups is 1. The van der Waals surface area contributed by atoms with Gasteiger partial charge in [-0.1, -0.05) is 13.0 Å². The minimum Gasteiger partial charge on any atom is -0.477 e. The van der Waals surface area contributed by atoms with Crippen LogP contribution in [0.15, 0.2) is 23.3 Å². The summed E-state index contributed by atoms with van der Waals surface area (Å²) in [5, 5.41) is 7.68. The molecule has 2 atom stereocenters. The number of aromatic nitrogens is 1. The molecule has 0 aromatic carbocycles. The van der Waals surface area contributed by atoms with Gasteiger partial charge in [0.15, 0.2) is 5.96 Å². The molecule has 0 aliphatic heterocycles. The second-order valence-corrected chi connectivity index (χ2v) is 6.89. The monoisotopic (exact) mass is 464 g/mol. The van der Waals surface area contributed by atoms with Crippen LogP contribution in [0.2, 0.25) is 0 Å². The molecule has 1 aliphatic rings. The van der Waals surface area contributed by atoms with Crippen molar-refractivity contribution in [2.75, 3.05) is 19.9 Å². The van der Waals surface area contributed by atoms with Crippen LogP contribution in [0, 0.1) is 0 Å². The second kappa shape index (κ2) is 11.8. The fourth-order valence-corrected chi connectivity index (χ4v) is 3.54. The molecule has 2 N–H and O–H groups in total. The van der Waals surface area contributed by atoms with Crippen molar-refractivity contribution in [3.63, 3.8) is 0 Å². The van der Waals surface area contributed by atoms with Gasteiger partial charge >= 0.3 is 0 Å². The summed E-state index contributed by atoms with van der Waals surface area (Å²) in [5.41, 5.74) is 1.05. The van der Waals surface area contributed by atoms with Crippen molar-refractivity contribution in [2.24, 2.45) is 4.99 Å². The lowest BCUT2D eigenvalue weighted by Crippen LogP contribution is -2.42. The Morgan fingerprint density at radius 1 is 1.46 bits per heavy atom. The minimum absolute atomic E-state index is 0. The Kier molecular flexibility index (Phi) is 10.5. The molecule has 24 heavy (non-hydrogen) atoms. The van der Waals surface area contributed by atoms with E-state index in [-0.39, 0.29) is 24.0 Å². The third-order valence-corrected chi connectivity index (χ3v) is 5.12. The Morgan fingerprint density at radius 3 is 2.96 bits per heavy atom. The topological polar surface area (TPSA) is 58.5 Å². The molecular weight excluding hydrogens is 435 g/mol. The van der Waals surface area contributed by atoms with Gasteiger partial charge in [0.1, 0.15) is 0 Å². The van der Waals surface area contributed by atoms with Gasteiger partial charge in [-0.05, 0) is 38.0 Å². The van der Waals surface area contributed by atoms with E-state index in [1.807, 2.05) is 30.9 Å². The van der Waals surface area contributed by atoms with E-state index in [1.165, 1.54) is 19.3 Å². The zero-order valence-electron chi connectivity index (χ0n) is 14.7. The molecule has 0 radical (unpaired) electrons. The summed E-state index contributed by atoms with van der Waals surface area (Å²) in [6.07, 6.45) is 8.64. The molecule has 0 bridgehead atoms. The molecule has 0 saturated heterocycles. The Hall–Kier alpha value is -0.700. The fraction of sp³-hybridized carbons (Fsp3) is 0.647. The SMILES string of the molecule is CCCOc1ncccc1CNC(=NC)NC1CCC(SC)C1.I. The van der Waals surface area contributed by atoms with Crippen LogP contribution in [0.5, 0.6) is 5.88 Å². The lowest BCUT2D eigenvalue weighted by molar-refractivity contribution is 0.301. The Morgan fingerprint density at radius 2 is 2.29 bits per heavy atom. The maximum atomic E-state index is 5.70. The first kappa shape index (κ1) is 21.3. The van der Waals surface area contributed by atoms with Crippen LogP contribution in [0.25, 0.3) is 0 Å². The summed E-state index contributed by atoms with van der Waals surface area (Å²) in [4.78, 5) is 8.65. The molecule has 5 nitrogen and oxygen atoms in total. The van der Waals surface area contributed by atoms with Crippen LogP contribution in [0.3, 0.4) is 0 Å². The summed E-state index contributed by atoms with van der Waals surface area (Å²) >= 11 is 1.97. The van der Waals surface area contributed by atoms with Crippen molar-refractivity contribution in [3.05, 3.63) is 23.9 Å². The Labute approximate surface area is 166 Å². The Balaban J connectivity index is 0.00000288. The first-order valence-corrected chi connectivity index (χ1v) is 9.62. The molecule has 0 spiro atoms. The van der Waals surface area contributed by atoms with Gasteiger partial charge in [-0.25, -0.2) is 4.98 Å². The van der Waals surface area contributed by atoms with Crippen LogP contribution in [-0.4, -0.2) is 42.1 Å². The highest BCUT2D eigenvalue weighted by Gasteiger charge is 2.24. The third kappa shape index (κ3) is 6.66. The minimum atomic E-state index is 0. The summed E-state index contributed by atoms with van der Waals surface area (Å²) in [7, 11) is 1.81. The molecule has 136 valence electrons. The van der Waals surface area contributed by atoms with Crippen LogP contribution in [0.4, 0.5) is 0 Å². The summed E-state index contributed by atoms with van der Waals surface area (Å²) in [5.74, 6) is 1.56. The molecule has 1 aromatic heterocycles. The van der Waals surface area contributed by atoms with Gasteiger partial charge in [-0.15, -0.1) is 24.0 Å². The summed E-state index contributed by atoms with van der Waals surface area (Å²) < 4.78 is 5.70. The number of aliphatic imine (C=N–C) groups is 1. The maximum Gasteiger partial charge on any atom is 0.218 e. The van der Waals surface area contributed by atoms with Crippen LogP contribution >= 0.6 is 35.7 Å². The lowest BCUT2D eigenvalue weighted by atomic mass is 10.2. The zero-order valence-corrected chi connectivity index (χ0v) is 17.9. The van der Waals surface area contributed by atoms with Crippen LogP contribution in [-0.2, 0) is 6.54 Å². The van der Waals surface area contributed by atoms with Gasteiger partial charge in [0.25, 0.3) is 0 Å². The van der Waals surface area contributed by atoms with E-state index in [1.54, 1.807) is 6.20 Å². The summed E-state index contributed by atoms with van der Waals surface area (Å²) in [6.45, 7) is 3.44. The van der Waals surface area contributed by atoms with Gasteiger partial charge in [0.2, 0.25) is 5.88 Å². The van der Waals surface area contributed by atoms with Gasteiger partial charge in [-0.2, -0.15) is 11.8 Å². The van der Waals surface area contributed by atoms with E-state index >= 15 is 0 Å². The quantitative estimate of drug-likeness (QED) is 0.368. The third-order valence-electron chi connectivity index (χ3n) is 4.02. The van der Waals surface area contributed by atoms with E-state index in [4.69, 9.17) is 4.74 Å². The molecule has 1 aromatic rings. The number of nitrogens with zero attached hydrogens (tertiary/aromatic N) is 2. The van der Waals surface area contributed by atoms with Crippen LogP contribution in [0.1, 0.15) is 38.2 Å². The van der Waals surface area contributed by atoms with Crippen molar-refractivity contribution in [3.8, 4) is 5.88 Å². The van der Waals surface area contributed by atoms with Crippen molar-refractivity contribution in [1.29, 1.82) is 0 Å². The fourth-order valence-electron chi connectivity index (χ4n) is 2.74. The zero-order chi connectivity index (χ0) is 16.5. The molecule has 1 fully saturated rings. The standard InChI is InChI=1S/C17H28N4OS.HI/c1-4-10-22-16-13(6-5-9-19-16)12-20-17(18-2)21-14-7-8-15(11-14)23-3;/h5-6,9,14-15H,4,7-8,10-12H2,1-3H3,(H2,18,20,21);1H. The smallest absolute Gasteiger partial charge is 0.218 e. The highest BCUT2D eigenvalue weighted by Crippen LogP contribution is 2.28. The molecule has 2 unspecified atom stereocenters. The molecule has 2 rings (SSSR count). The highest BCUT2D eigenvalue weighted by atomic mass is 127. The van der Waals surface area contributed by atoms with Gasteiger partial charge < -0.3 is 15.4 Å². The van der Waals surface area contributed by atoms with Gasteiger partial charge in [0, 0.05) is 36.6 Å². The molecule has 1 heterocycles. The number of hydrogen-bond acceptors (Lipinski definition) is 4. The number of halogens is 1. The molecule has 1 saturated carbocycles. The summed E-state index contributed by atoms with van der Waals surface area (Å²) in [6, 6.07) is 4.49. The average Bonchev–Trinajstić information content (AvgIpc) is 3.05. The van der Waals surface area contributed by atoms with Crippen molar-refractivity contribution in [1.82, 2.24) is 15.6 Å². The lowest BCUT2D eigenvalue weighted by Gasteiger charge is -2.18. The molecular formula is C17H29IN4OS. The number of pyridine rings is 1. The van der Waals surface area contributed by atoms with Crippen molar-refractivity contribution < 1.29 is 4.74 Å². The Bertz CT molecular complexity index is 515. The molecule has 1 aliphatic carbocycles. The van der Waals surface area contributed by atoms with E-state index in [0.29, 0.717) is 25.1 Å². The van der Waals surface area contributed by atoms with Crippen molar-refractivity contribution in [2.45, 2.75) is 50.4 Å². The predicted molar refractivity (Wildman–Crippen MR) is 114 cm³/mol. The number of ether oxygens (including phenoxy) is 1. The predicted octanol–water partition coefficient (Wildman–Crippen LogP) is 3.44. The highest BCUT2D eigenvalue weighted by molar-refractivity contribution is 14.0. The molecule has 7 heteroatoms. The number of rotatable bonds is 7. The first-order valence-electron chi connectivity index (χ1n) is 8.33. The first-order chi connectivity index (χ1) is 11.3. The van der Waals surface area contributed by atoms with E-state index < -0.39 is 0 Å². The maximum absolute atomic E-state index is 5.70. The average molecular weight is 464 g/mol. The number of nitrogens with one attached hydrogen (secondary N) is 2. The normalized spacial score (nSPS) is 20.4. The van der Waals surface area contributed by atoms with Gasteiger partial charge in [-0.3, -0.25) is 4.99 Å². The van der Waals surface area contributed by atoms with E-state index in [2.05, 4.69) is 33.8 Å². The second-order valence-electron chi connectivity index (χ2n) is 5.75. The largest absolute Gasteiger partial charge is 0.477 e. The number of hydrogen-bond donors (Lipinski definition) is 2. The molecule has 0 amide bonds. The van der Waals surface area contributed by atoms with E-state index in [0.717, 1.165) is 23.2 Å². The van der Waals surface area contributed by atoms with Crippen molar-refractivity contribution >= 4 is 41.7 Å². The van der Waals surface area contributed by atoms with Gasteiger partial charge in [0.05, 0.1) is 6.61 Å².